The summed E-state index contributed by atoms with van der Waals surface area (Å²) in [6, 6.07) is 0. The molecule has 1 saturated carbocycles. The first kappa shape index (κ1) is 13.3. The van der Waals surface area contributed by atoms with Crippen molar-refractivity contribution < 1.29 is 14.6 Å². The number of carboxylic acid groups (broad SMARTS) is 1. The quantitative estimate of drug-likeness (QED) is 0.794. The second kappa shape index (κ2) is 5.67. The lowest BCUT2D eigenvalue weighted by Gasteiger charge is -2.40. The molecule has 1 aliphatic carbocycles. The van der Waals surface area contributed by atoms with Gasteiger partial charge in [0.2, 0.25) is 0 Å². The maximum Gasteiger partial charge on any atom is 0.303 e. The molecular formula is C12H18N2O3S. The molecule has 6 heteroatoms. The first-order chi connectivity index (χ1) is 8.63. The zero-order chi connectivity index (χ0) is 13.0. The summed E-state index contributed by atoms with van der Waals surface area (Å²) in [4.78, 5) is 14.8. The summed E-state index contributed by atoms with van der Waals surface area (Å²) in [6.45, 7) is 0.773. The normalized spacial score (nSPS) is 17.2. The summed E-state index contributed by atoms with van der Waals surface area (Å²) in [5.41, 5.74) is 0.817. The summed E-state index contributed by atoms with van der Waals surface area (Å²) >= 11 is 1.52. The first-order valence-electron chi connectivity index (χ1n) is 6.09. The number of carboxylic acids is 1. The van der Waals surface area contributed by atoms with Gasteiger partial charge in [0.1, 0.15) is 0 Å². The number of hydrogen-bond acceptors (Lipinski definition) is 5. The average molecular weight is 270 g/mol. The number of hydrogen-bond donors (Lipinski definition) is 2. The Kier molecular flexibility index (Phi) is 4.19. The Hall–Kier alpha value is -1.14. The topological polar surface area (TPSA) is 71.5 Å². The van der Waals surface area contributed by atoms with Crippen LogP contribution in [0.2, 0.25) is 0 Å². The van der Waals surface area contributed by atoms with Crippen LogP contribution >= 0.6 is 11.3 Å². The lowest BCUT2D eigenvalue weighted by Crippen LogP contribution is -2.45. The zero-order valence-electron chi connectivity index (χ0n) is 10.4. The number of nitrogens with zero attached hydrogens (tertiary/aromatic N) is 1. The van der Waals surface area contributed by atoms with Gasteiger partial charge >= 0.3 is 5.97 Å². The molecule has 0 saturated heterocycles. The molecule has 0 bridgehead atoms. The fraction of sp³-hybridized carbons (Fsp3) is 0.667. The number of thiazole rings is 1. The molecule has 0 aromatic carbocycles. The van der Waals surface area contributed by atoms with E-state index in [-0.39, 0.29) is 12.0 Å². The van der Waals surface area contributed by atoms with Crippen LogP contribution in [-0.2, 0) is 16.0 Å². The van der Waals surface area contributed by atoms with E-state index in [1.807, 2.05) is 5.38 Å². The Balaban J connectivity index is 1.81. The Labute approximate surface area is 110 Å². The molecule has 2 N–H and O–H groups in total. The molecule has 1 aromatic heterocycles. The maximum absolute atomic E-state index is 10.5. The molecule has 0 unspecified atom stereocenters. The highest BCUT2D eigenvalue weighted by Gasteiger charge is 2.36. The first-order valence-corrected chi connectivity index (χ1v) is 6.97. The van der Waals surface area contributed by atoms with Crippen LogP contribution in [0.15, 0.2) is 5.38 Å². The molecule has 1 aliphatic rings. The van der Waals surface area contributed by atoms with Gasteiger partial charge in [-0.15, -0.1) is 11.3 Å². The highest BCUT2D eigenvalue weighted by molar-refractivity contribution is 7.13. The van der Waals surface area contributed by atoms with Crippen LogP contribution in [-0.4, -0.2) is 35.3 Å². The Bertz CT molecular complexity index is 410. The number of nitrogens with one attached hydrogen (secondary N) is 1. The monoisotopic (exact) mass is 270 g/mol. The molecule has 1 fully saturated rings. The van der Waals surface area contributed by atoms with Crippen LogP contribution in [0.25, 0.3) is 0 Å². The van der Waals surface area contributed by atoms with Crippen molar-refractivity contribution in [1.82, 2.24) is 4.98 Å². The van der Waals surface area contributed by atoms with Crippen LogP contribution in [0.3, 0.4) is 0 Å². The van der Waals surface area contributed by atoms with Gasteiger partial charge in [0.25, 0.3) is 0 Å². The third-order valence-corrected chi connectivity index (χ3v) is 4.26. The third-order valence-electron chi connectivity index (χ3n) is 3.41. The fourth-order valence-corrected chi connectivity index (χ4v) is 2.74. The Morgan fingerprint density at radius 1 is 1.67 bits per heavy atom. The van der Waals surface area contributed by atoms with Gasteiger partial charge in [0.15, 0.2) is 5.13 Å². The van der Waals surface area contributed by atoms with Gasteiger partial charge in [0.05, 0.1) is 17.7 Å². The number of anilines is 1. The van der Waals surface area contributed by atoms with E-state index in [0.717, 1.165) is 30.2 Å². The molecule has 1 aromatic rings. The minimum absolute atomic E-state index is 0.0209. The molecule has 0 aliphatic heterocycles. The predicted molar refractivity (Wildman–Crippen MR) is 70.2 cm³/mol. The zero-order valence-corrected chi connectivity index (χ0v) is 11.3. The molecule has 0 radical (unpaired) electrons. The molecule has 0 spiro atoms. The molecular weight excluding hydrogens is 252 g/mol. The molecule has 1 heterocycles. The van der Waals surface area contributed by atoms with E-state index in [2.05, 4.69) is 10.3 Å². The van der Waals surface area contributed by atoms with Crippen LogP contribution in [0, 0.1) is 0 Å². The van der Waals surface area contributed by atoms with Gasteiger partial charge in [-0.2, -0.15) is 0 Å². The minimum Gasteiger partial charge on any atom is -0.481 e. The van der Waals surface area contributed by atoms with Crippen molar-refractivity contribution in [2.45, 2.75) is 37.7 Å². The lowest BCUT2D eigenvalue weighted by atomic mass is 9.80. The average Bonchev–Trinajstić information content (AvgIpc) is 2.74. The summed E-state index contributed by atoms with van der Waals surface area (Å²) in [6.07, 6.45) is 4.02. The van der Waals surface area contributed by atoms with Crippen molar-refractivity contribution in [3.63, 3.8) is 0 Å². The molecule has 18 heavy (non-hydrogen) atoms. The van der Waals surface area contributed by atoms with Crippen LogP contribution in [0.1, 0.15) is 31.4 Å². The second-order valence-electron chi connectivity index (χ2n) is 4.63. The van der Waals surface area contributed by atoms with E-state index in [4.69, 9.17) is 9.84 Å². The third kappa shape index (κ3) is 3.20. The molecule has 0 amide bonds. The van der Waals surface area contributed by atoms with Crippen molar-refractivity contribution in [1.29, 1.82) is 0 Å². The highest BCUT2D eigenvalue weighted by Crippen LogP contribution is 2.35. The van der Waals surface area contributed by atoms with Gasteiger partial charge < -0.3 is 15.2 Å². The number of carbonyl (C=O) groups is 1. The minimum atomic E-state index is -0.787. The predicted octanol–water partition coefficient (Wildman–Crippen LogP) is 2.14. The smallest absolute Gasteiger partial charge is 0.303 e. The van der Waals surface area contributed by atoms with Crippen LogP contribution < -0.4 is 5.32 Å². The van der Waals surface area contributed by atoms with Crippen LogP contribution in [0.5, 0.6) is 0 Å². The van der Waals surface area contributed by atoms with Crippen molar-refractivity contribution >= 4 is 22.4 Å². The van der Waals surface area contributed by atoms with Crippen molar-refractivity contribution in [2.75, 3.05) is 19.0 Å². The Morgan fingerprint density at radius 2 is 2.44 bits per heavy atom. The van der Waals surface area contributed by atoms with Crippen molar-refractivity contribution in [3.8, 4) is 0 Å². The van der Waals surface area contributed by atoms with Crippen molar-refractivity contribution in [2.24, 2.45) is 0 Å². The second-order valence-corrected chi connectivity index (χ2v) is 5.49. The summed E-state index contributed by atoms with van der Waals surface area (Å²) in [7, 11) is 1.75. The van der Waals surface area contributed by atoms with Gasteiger partial charge in [0, 0.05) is 25.5 Å². The number of aromatic nitrogens is 1. The molecule has 2 rings (SSSR count). The van der Waals surface area contributed by atoms with Gasteiger partial charge in [-0.25, -0.2) is 4.98 Å². The number of aliphatic carboxylic acids is 1. The fourth-order valence-electron chi connectivity index (χ4n) is 2.00. The van der Waals surface area contributed by atoms with Crippen LogP contribution in [0.4, 0.5) is 5.13 Å². The van der Waals surface area contributed by atoms with E-state index in [1.165, 1.54) is 17.8 Å². The summed E-state index contributed by atoms with van der Waals surface area (Å²) in [5, 5.41) is 14.6. The molecule has 0 atom stereocenters. The number of methoxy groups -OCH3 is 1. The number of rotatable bonds is 7. The van der Waals surface area contributed by atoms with E-state index in [0.29, 0.717) is 6.42 Å². The van der Waals surface area contributed by atoms with E-state index >= 15 is 0 Å². The molecule has 100 valence electrons. The highest BCUT2D eigenvalue weighted by atomic mass is 32.1. The van der Waals surface area contributed by atoms with Gasteiger partial charge in [-0.05, 0) is 19.3 Å². The van der Waals surface area contributed by atoms with E-state index in [1.54, 1.807) is 7.11 Å². The maximum atomic E-state index is 10.5. The SMILES string of the molecule is COC1(CNc2nc(CCC(=O)O)cs2)CCC1. The van der Waals surface area contributed by atoms with E-state index in [9.17, 15) is 4.79 Å². The van der Waals surface area contributed by atoms with Gasteiger partial charge in [-0.3, -0.25) is 4.79 Å². The summed E-state index contributed by atoms with van der Waals surface area (Å²) in [5.74, 6) is -0.787. The lowest BCUT2D eigenvalue weighted by molar-refractivity contribution is -0.136. The number of aryl methyl sites for hydroxylation is 1. The summed E-state index contributed by atoms with van der Waals surface area (Å²) < 4.78 is 5.52. The standard InChI is InChI=1S/C12H18N2O3S/c1-17-12(5-2-6-12)8-13-11-14-9(7-18-11)3-4-10(15)16/h7H,2-6,8H2,1H3,(H,13,14)(H,15,16). The number of ether oxygens (including phenoxy) is 1. The van der Waals surface area contributed by atoms with Crippen molar-refractivity contribution in [3.05, 3.63) is 11.1 Å². The van der Waals surface area contributed by atoms with Gasteiger partial charge in [-0.1, -0.05) is 0 Å². The molecule has 5 nitrogen and oxygen atoms in total. The largest absolute Gasteiger partial charge is 0.481 e. The Morgan fingerprint density at radius 3 is 3.00 bits per heavy atom. The van der Waals surface area contributed by atoms with E-state index < -0.39 is 5.97 Å².